The average Bonchev–Trinajstić information content (AvgIpc) is 3.21. The molecule has 1 amide bonds. The van der Waals surface area contributed by atoms with Gasteiger partial charge in [0, 0.05) is 24.2 Å². The smallest absolute Gasteiger partial charge is 0.292 e. The quantitative estimate of drug-likeness (QED) is 0.721. The molecule has 0 spiro atoms. The van der Waals surface area contributed by atoms with Crippen LogP contribution in [0.4, 0.5) is 4.39 Å². The van der Waals surface area contributed by atoms with Crippen LogP contribution in [0.3, 0.4) is 0 Å². The van der Waals surface area contributed by atoms with Gasteiger partial charge in [-0.25, -0.2) is 9.37 Å². The van der Waals surface area contributed by atoms with Crippen molar-refractivity contribution in [1.82, 2.24) is 19.6 Å². The number of aryl methyl sites for hydroxylation is 1. The highest BCUT2D eigenvalue weighted by atomic mass is 19.1. The molecule has 1 aliphatic heterocycles. The molecule has 0 aromatic carbocycles. The topological polar surface area (TPSA) is 73.4 Å². The van der Waals surface area contributed by atoms with Crippen molar-refractivity contribution < 1.29 is 18.4 Å². The Labute approximate surface area is 149 Å². The third-order valence-corrected chi connectivity index (χ3v) is 4.23. The highest BCUT2D eigenvalue weighted by Gasteiger charge is 2.29. The van der Waals surface area contributed by atoms with Gasteiger partial charge in [-0.1, -0.05) is 5.16 Å². The normalized spacial score (nSPS) is 16.8. The molecule has 0 unspecified atom stereocenters. The van der Waals surface area contributed by atoms with Gasteiger partial charge in [0.2, 0.25) is 5.76 Å². The molecule has 8 heteroatoms. The monoisotopic (exact) mass is 356 g/mol. The maximum absolute atomic E-state index is 13.9. The van der Waals surface area contributed by atoms with Crippen molar-refractivity contribution in [2.24, 2.45) is 0 Å². The zero-order valence-electron chi connectivity index (χ0n) is 14.1. The zero-order valence-corrected chi connectivity index (χ0v) is 14.1. The number of nitrogens with zero attached hydrogens (tertiary/aromatic N) is 4. The molecule has 3 aromatic heterocycles. The fourth-order valence-electron chi connectivity index (χ4n) is 3.02. The fourth-order valence-corrected chi connectivity index (χ4v) is 3.02. The van der Waals surface area contributed by atoms with Crippen LogP contribution in [0.1, 0.15) is 21.9 Å². The molecule has 3 aromatic rings. The van der Waals surface area contributed by atoms with Crippen molar-refractivity contribution in [3.63, 3.8) is 0 Å². The van der Waals surface area contributed by atoms with E-state index < -0.39 is 11.9 Å². The minimum atomic E-state index is -0.534. The zero-order chi connectivity index (χ0) is 18.1. The van der Waals surface area contributed by atoms with Crippen LogP contribution < -0.4 is 4.74 Å². The van der Waals surface area contributed by atoms with Gasteiger partial charge in [0.15, 0.2) is 5.82 Å². The molecular formula is C18H17FN4O3. The van der Waals surface area contributed by atoms with E-state index in [0.717, 1.165) is 5.69 Å². The summed E-state index contributed by atoms with van der Waals surface area (Å²) in [4.78, 5) is 18.4. The van der Waals surface area contributed by atoms with Crippen LogP contribution in [0.15, 0.2) is 47.2 Å². The summed E-state index contributed by atoms with van der Waals surface area (Å²) in [5, 5.41) is 3.77. The second-order valence-corrected chi connectivity index (χ2v) is 6.20. The Morgan fingerprint density at radius 2 is 2.23 bits per heavy atom. The first-order valence-corrected chi connectivity index (χ1v) is 8.24. The molecule has 0 N–H and O–H groups in total. The number of amides is 1. The van der Waals surface area contributed by atoms with E-state index in [-0.39, 0.29) is 24.1 Å². The van der Waals surface area contributed by atoms with Crippen molar-refractivity contribution in [1.29, 1.82) is 0 Å². The standard InChI is InChI=1S/C18H17FN4O3/c1-12-8-16(26-21-12)18(24)23-9-13-4-3-7-22(13)10-14(11-23)25-17-15(19)5-2-6-20-17/h2-8,14H,9-11H2,1H3/t14-/m1/s1. The summed E-state index contributed by atoms with van der Waals surface area (Å²) >= 11 is 0. The number of pyridine rings is 1. The molecule has 4 heterocycles. The predicted octanol–water partition coefficient (Wildman–Crippen LogP) is 2.42. The number of rotatable bonds is 3. The summed E-state index contributed by atoms with van der Waals surface area (Å²) in [5.41, 5.74) is 1.59. The Hall–Kier alpha value is -3.16. The van der Waals surface area contributed by atoms with Crippen molar-refractivity contribution in [2.75, 3.05) is 6.54 Å². The molecule has 26 heavy (non-hydrogen) atoms. The van der Waals surface area contributed by atoms with Crippen LogP contribution >= 0.6 is 0 Å². The van der Waals surface area contributed by atoms with E-state index >= 15 is 0 Å². The summed E-state index contributed by atoms with van der Waals surface area (Å²) in [5.74, 6) is -0.718. The molecule has 0 fully saturated rings. The Morgan fingerprint density at radius 1 is 1.35 bits per heavy atom. The molecule has 134 valence electrons. The average molecular weight is 356 g/mol. The summed E-state index contributed by atoms with van der Waals surface area (Å²) in [7, 11) is 0. The van der Waals surface area contributed by atoms with Gasteiger partial charge in [-0.3, -0.25) is 4.79 Å². The third kappa shape index (κ3) is 3.17. The van der Waals surface area contributed by atoms with Gasteiger partial charge in [0.25, 0.3) is 11.8 Å². The summed E-state index contributed by atoms with van der Waals surface area (Å²) in [6.45, 7) is 2.91. The van der Waals surface area contributed by atoms with Crippen molar-refractivity contribution in [2.45, 2.75) is 26.1 Å². The van der Waals surface area contributed by atoms with Gasteiger partial charge in [-0.05, 0) is 31.2 Å². The number of carbonyl (C=O) groups is 1. The van der Waals surface area contributed by atoms with Crippen LogP contribution in [0.5, 0.6) is 5.88 Å². The van der Waals surface area contributed by atoms with Gasteiger partial charge in [-0.15, -0.1) is 0 Å². The summed E-state index contributed by atoms with van der Waals surface area (Å²) in [6, 6.07) is 8.23. The lowest BCUT2D eigenvalue weighted by Gasteiger charge is -2.23. The minimum Gasteiger partial charge on any atom is -0.468 e. The van der Waals surface area contributed by atoms with Crippen LogP contribution in [-0.4, -0.2) is 38.2 Å². The number of ether oxygens (including phenoxy) is 1. The maximum atomic E-state index is 13.9. The van der Waals surface area contributed by atoms with E-state index in [1.54, 1.807) is 17.9 Å². The first-order chi connectivity index (χ1) is 12.6. The van der Waals surface area contributed by atoms with E-state index in [4.69, 9.17) is 9.26 Å². The second kappa shape index (κ2) is 6.62. The summed E-state index contributed by atoms with van der Waals surface area (Å²) in [6.07, 6.45) is 2.92. The second-order valence-electron chi connectivity index (χ2n) is 6.20. The molecule has 0 aliphatic carbocycles. The van der Waals surface area contributed by atoms with Gasteiger partial charge >= 0.3 is 0 Å². The van der Waals surface area contributed by atoms with Crippen LogP contribution in [-0.2, 0) is 13.1 Å². The number of aromatic nitrogens is 3. The van der Waals surface area contributed by atoms with Crippen molar-refractivity contribution >= 4 is 5.91 Å². The lowest BCUT2D eigenvalue weighted by molar-refractivity contribution is 0.0602. The number of hydrogen-bond acceptors (Lipinski definition) is 5. The Morgan fingerprint density at radius 3 is 3.00 bits per heavy atom. The number of hydrogen-bond donors (Lipinski definition) is 0. The molecule has 1 aliphatic rings. The van der Waals surface area contributed by atoms with Gasteiger partial charge in [0.05, 0.1) is 25.3 Å². The van der Waals surface area contributed by atoms with Crippen LogP contribution in [0.2, 0.25) is 0 Å². The van der Waals surface area contributed by atoms with E-state index in [9.17, 15) is 9.18 Å². The molecule has 4 rings (SSSR count). The molecule has 0 bridgehead atoms. The molecule has 1 atom stereocenters. The van der Waals surface area contributed by atoms with E-state index in [1.807, 2.05) is 22.9 Å². The number of halogens is 1. The SMILES string of the molecule is Cc1cc(C(=O)N2Cc3cccn3C[C@@H](Oc3ncccc3F)C2)on1. The minimum absolute atomic E-state index is 0.0731. The lowest BCUT2D eigenvalue weighted by atomic mass is 10.2. The number of fused-ring (bicyclic) bond motifs is 1. The predicted molar refractivity (Wildman–Crippen MR) is 89.0 cm³/mol. The molecule has 0 saturated heterocycles. The van der Waals surface area contributed by atoms with E-state index in [2.05, 4.69) is 10.1 Å². The van der Waals surface area contributed by atoms with Gasteiger partial charge < -0.3 is 18.7 Å². The molecular weight excluding hydrogens is 339 g/mol. The van der Waals surface area contributed by atoms with Gasteiger partial charge in [-0.2, -0.15) is 0 Å². The first kappa shape index (κ1) is 16.3. The van der Waals surface area contributed by atoms with Crippen LogP contribution in [0, 0.1) is 12.7 Å². The Bertz CT molecular complexity index is 936. The molecule has 7 nitrogen and oxygen atoms in total. The highest BCUT2D eigenvalue weighted by Crippen LogP contribution is 2.21. The Kier molecular flexibility index (Phi) is 4.16. The summed E-state index contributed by atoms with van der Waals surface area (Å²) < 4.78 is 26.8. The lowest BCUT2D eigenvalue weighted by Crippen LogP contribution is -2.38. The first-order valence-electron chi connectivity index (χ1n) is 8.24. The molecule has 0 radical (unpaired) electrons. The van der Waals surface area contributed by atoms with Crippen molar-refractivity contribution in [3.8, 4) is 5.88 Å². The van der Waals surface area contributed by atoms with Crippen LogP contribution in [0.25, 0.3) is 0 Å². The fraction of sp³-hybridized carbons (Fsp3) is 0.278. The largest absolute Gasteiger partial charge is 0.468 e. The Balaban J connectivity index is 1.61. The van der Waals surface area contributed by atoms with Gasteiger partial charge in [0.1, 0.15) is 6.10 Å². The van der Waals surface area contributed by atoms with E-state index in [1.165, 1.54) is 18.3 Å². The molecule has 0 saturated carbocycles. The van der Waals surface area contributed by atoms with E-state index in [0.29, 0.717) is 18.8 Å². The number of carbonyl (C=O) groups excluding carboxylic acids is 1. The third-order valence-electron chi connectivity index (χ3n) is 4.23. The highest BCUT2D eigenvalue weighted by molar-refractivity contribution is 5.91. The maximum Gasteiger partial charge on any atom is 0.292 e. The van der Waals surface area contributed by atoms with Crippen molar-refractivity contribution in [3.05, 3.63) is 65.7 Å².